The standard InChI is InChI=1S/C25H28FN3O2S/c1-17-23(15-32-16-24(30)27-13-12-18-4-8-21(26)9-5-18)29-25(31-17)20-6-2-19(3-7-20)14-28-22-10-11-22/h2-9,22,28H,10-16H2,1H3,(H,27,30). The van der Waals surface area contributed by atoms with Gasteiger partial charge in [-0.15, -0.1) is 11.8 Å². The van der Waals surface area contributed by atoms with E-state index < -0.39 is 0 Å². The number of amides is 1. The molecule has 2 aromatic carbocycles. The zero-order chi connectivity index (χ0) is 22.3. The van der Waals surface area contributed by atoms with Crippen LogP contribution >= 0.6 is 11.8 Å². The van der Waals surface area contributed by atoms with Gasteiger partial charge in [0.05, 0.1) is 11.4 Å². The van der Waals surface area contributed by atoms with Crippen LogP contribution in [0.25, 0.3) is 11.5 Å². The number of aryl methyl sites for hydroxylation is 1. The van der Waals surface area contributed by atoms with E-state index >= 15 is 0 Å². The van der Waals surface area contributed by atoms with Gasteiger partial charge in [-0.3, -0.25) is 4.79 Å². The van der Waals surface area contributed by atoms with Gasteiger partial charge >= 0.3 is 0 Å². The van der Waals surface area contributed by atoms with Crippen molar-refractivity contribution in [1.82, 2.24) is 15.6 Å². The molecule has 7 heteroatoms. The molecule has 1 saturated carbocycles. The maximum atomic E-state index is 12.9. The lowest BCUT2D eigenvalue weighted by Gasteiger charge is -2.05. The first kappa shape index (κ1) is 22.6. The predicted octanol–water partition coefficient (Wildman–Crippen LogP) is 4.63. The van der Waals surface area contributed by atoms with Gasteiger partial charge in [-0.1, -0.05) is 24.3 Å². The van der Waals surface area contributed by atoms with Crippen molar-refractivity contribution < 1.29 is 13.6 Å². The van der Waals surface area contributed by atoms with Crippen LogP contribution < -0.4 is 10.6 Å². The predicted molar refractivity (Wildman–Crippen MR) is 126 cm³/mol. The van der Waals surface area contributed by atoms with E-state index in [9.17, 15) is 9.18 Å². The highest BCUT2D eigenvalue weighted by atomic mass is 32.2. The van der Waals surface area contributed by atoms with Crippen LogP contribution in [0, 0.1) is 12.7 Å². The number of nitrogens with zero attached hydrogens (tertiary/aromatic N) is 1. The van der Waals surface area contributed by atoms with Crippen molar-refractivity contribution in [3.63, 3.8) is 0 Å². The van der Waals surface area contributed by atoms with Crippen LogP contribution in [0.5, 0.6) is 0 Å². The van der Waals surface area contributed by atoms with E-state index in [4.69, 9.17) is 4.42 Å². The molecule has 1 heterocycles. The fourth-order valence-corrected chi connectivity index (χ4v) is 4.14. The number of hydrogen-bond acceptors (Lipinski definition) is 5. The van der Waals surface area contributed by atoms with Gasteiger partial charge in [0, 0.05) is 30.4 Å². The van der Waals surface area contributed by atoms with Gasteiger partial charge in [0.1, 0.15) is 11.6 Å². The van der Waals surface area contributed by atoms with E-state index in [1.807, 2.05) is 19.1 Å². The molecule has 1 fully saturated rings. The Hall–Kier alpha value is -2.64. The monoisotopic (exact) mass is 453 g/mol. The lowest BCUT2D eigenvalue weighted by Crippen LogP contribution is -2.27. The largest absolute Gasteiger partial charge is 0.441 e. The minimum Gasteiger partial charge on any atom is -0.441 e. The van der Waals surface area contributed by atoms with Crippen LogP contribution in [0.2, 0.25) is 0 Å². The number of rotatable bonds is 11. The molecule has 0 saturated heterocycles. The first-order valence-electron chi connectivity index (χ1n) is 10.9. The molecule has 4 rings (SSSR count). The Balaban J connectivity index is 1.20. The molecule has 3 aromatic rings. The van der Waals surface area contributed by atoms with Crippen LogP contribution in [0.15, 0.2) is 52.9 Å². The summed E-state index contributed by atoms with van der Waals surface area (Å²) in [5, 5.41) is 6.41. The van der Waals surface area contributed by atoms with Gasteiger partial charge in [-0.25, -0.2) is 9.37 Å². The minimum atomic E-state index is -0.251. The van der Waals surface area contributed by atoms with Crippen LogP contribution in [0.1, 0.15) is 35.4 Å². The van der Waals surface area contributed by atoms with Crippen molar-refractivity contribution >= 4 is 17.7 Å². The number of aromatic nitrogens is 1. The zero-order valence-electron chi connectivity index (χ0n) is 18.2. The number of nitrogens with one attached hydrogen (secondary N) is 2. The number of benzene rings is 2. The smallest absolute Gasteiger partial charge is 0.230 e. The van der Waals surface area contributed by atoms with E-state index in [0.29, 0.717) is 36.4 Å². The van der Waals surface area contributed by atoms with E-state index in [-0.39, 0.29) is 11.7 Å². The maximum absolute atomic E-state index is 12.9. The van der Waals surface area contributed by atoms with Crippen molar-refractivity contribution in [2.45, 2.75) is 44.5 Å². The van der Waals surface area contributed by atoms with E-state index in [1.54, 1.807) is 12.1 Å². The maximum Gasteiger partial charge on any atom is 0.230 e. The SMILES string of the molecule is Cc1oc(-c2ccc(CNC3CC3)cc2)nc1CSCC(=O)NCCc1ccc(F)cc1. The summed E-state index contributed by atoms with van der Waals surface area (Å²) < 4.78 is 18.8. The number of halogens is 1. The molecule has 1 amide bonds. The Morgan fingerprint density at radius 2 is 1.84 bits per heavy atom. The molecule has 5 nitrogen and oxygen atoms in total. The second-order valence-corrected chi connectivity index (χ2v) is 9.08. The Bertz CT molecular complexity index is 1030. The van der Waals surface area contributed by atoms with Crippen LogP contribution in [0.4, 0.5) is 4.39 Å². The van der Waals surface area contributed by atoms with Crippen molar-refractivity contribution in [3.8, 4) is 11.5 Å². The summed E-state index contributed by atoms with van der Waals surface area (Å²) in [6.07, 6.45) is 3.25. The molecule has 1 aromatic heterocycles. The average Bonchev–Trinajstić information content (AvgIpc) is 3.56. The van der Waals surface area contributed by atoms with Crippen molar-refractivity contribution in [2.24, 2.45) is 0 Å². The van der Waals surface area contributed by atoms with Gasteiger partial charge in [0.2, 0.25) is 11.8 Å². The quantitative estimate of drug-likeness (QED) is 0.443. The zero-order valence-corrected chi connectivity index (χ0v) is 19.0. The Kier molecular flexibility index (Phi) is 7.60. The Morgan fingerprint density at radius 3 is 2.56 bits per heavy atom. The normalized spacial score (nSPS) is 13.3. The summed E-state index contributed by atoms with van der Waals surface area (Å²) in [4.78, 5) is 16.7. The molecule has 32 heavy (non-hydrogen) atoms. The second-order valence-electron chi connectivity index (χ2n) is 8.09. The molecule has 0 spiro atoms. The molecule has 1 aliphatic carbocycles. The molecule has 0 bridgehead atoms. The third-order valence-electron chi connectivity index (χ3n) is 5.39. The van der Waals surface area contributed by atoms with Gasteiger partial charge in [-0.2, -0.15) is 0 Å². The highest BCUT2D eigenvalue weighted by Crippen LogP contribution is 2.25. The van der Waals surface area contributed by atoms with E-state index in [0.717, 1.165) is 29.1 Å². The molecule has 0 aliphatic heterocycles. The second kappa shape index (κ2) is 10.8. The summed E-state index contributed by atoms with van der Waals surface area (Å²) in [6, 6.07) is 15.3. The van der Waals surface area contributed by atoms with Gasteiger partial charge in [-0.05, 0) is 61.6 Å². The lowest BCUT2D eigenvalue weighted by atomic mass is 10.1. The van der Waals surface area contributed by atoms with Crippen LogP contribution in [0.3, 0.4) is 0 Å². The van der Waals surface area contributed by atoms with E-state index in [1.165, 1.54) is 42.3 Å². The average molecular weight is 454 g/mol. The number of oxazole rings is 1. The molecule has 0 radical (unpaired) electrons. The summed E-state index contributed by atoms with van der Waals surface area (Å²) in [5.74, 6) is 2.09. The first-order valence-corrected chi connectivity index (χ1v) is 12.1. The molecule has 2 N–H and O–H groups in total. The van der Waals surface area contributed by atoms with Crippen molar-refractivity contribution in [2.75, 3.05) is 12.3 Å². The molecular weight excluding hydrogens is 425 g/mol. The number of thioether (sulfide) groups is 1. The third kappa shape index (κ3) is 6.68. The van der Waals surface area contributed by atoms with Gasteiger partial charge in [0.25, 0.3) is 0 Å². The summed E-state index contributed by atoms with van der Waals surface area (Å²) in [7, 11) is 0. The van der Waals surface area contributed by atoms with Crippen LogP contribution in [-0.4, -0.2) is 29.2 Å². The molecule has 0 atom stereocenters. The fraction of sp³-hybridized carbons (Fsp3) is 0.360. The molecular formula is C25H28FN3O2S. The number of hydrogen-bond donors (Lipinski definition) is 2. The highest BCUT2D eigenvalue weighted by Gasteiger charge is 2.20. The molecule has 1 aliphatic rings. The number of carbonyl (C=O) groups excluding carboxylic acids is 1. The first-order chi connectivity index (χ1) is 15.6. The topological polar surface area (TPSA) is 67.2 Å². The van der Waals surface area contributed by atoms with Gasteiger partial charge in [0.15, 0.2) is 0 Å². The molecule has 0 unspecified atom stereocenters. The fourth-order valence-electron chi connectivity index (χ4n) is 3.29. The van der Waals surface area contributed by atoms with Crippen LogP contribution in [-0.2, 0) is 23.5 Å². The van der Waals surface area contributed by atoms with Crippen molar-refractivity contribution in [3.05, 3.63) is 76.9 Å². The Labute approximate surface area is 192 Å². The lowest BCUT2D eigenvalue weighted by molar-refractivity contribution is -0.118. The van der Waals surface area contributed by atoms with Gasteiger partial charge < -0.3 is 15.1 Å². The third-order valence-corrected chi connectivity index (χ3v) is 6.33. The summed E-state index contributed by atoms with van der Waals surface area (Å²) in [6.45, 7) is 3.33. The summed E-state index contributed by atoms with van der Waals surface area (Å²) in [5.41, 5.74) is 4.07. The minimum absolute atomic E-state index is 0.0196. The highest BCUT2D eigenvalue weighted by molar-refractivity contribution is 7.99. The molecule has 168 valence electrons. The number of carbonyl (C=O) groups is 1. The Morgan fingerprint density at radius 1 is 1.12 bits per heavy atom. The summed E-state index contributed by atoms with van der Waals surface area (Å²) >= 11 is 1.51. The van der Waals surface area contributed by atoms with E-state index in [2.05, 4.69) is 27.8 Å². The van der Waals surface area contributed by atoms with Crippen molar-refractivity contribution in [1.29, 1.82) is 0 Å².